The Kier molecular flexibility index (Phi) is 5.21. The summed E-state index contributed by atoms with van der Waals surface area (Å²) in [5.74, 6) is 0.583. The van der Waals surface area contributed by atoms with Crippen LogP contribution in [0.2, 0.25) is 5.02 Å². The molecule has 0 bridgehead atoms. The SMILES string of the molecule is CCCNCc1cc2c(cc1Cl)N(CC)C(C)(C)C[C@@H]2C. The maximum Gasteiger partial charge on any atom is 0.0471 e. The number of anilines is 1. The first-order valence-corrected chi connectivity index (χ1v) is 8.59. The fourth-order valence-electron chi connectivity index (χ4n) is 3.68. The third-order valence-corrected chi connectivity index (χ3v) is 4.96. The predicted molar refractivity (Wildman–Crippen MR) is 93.6 cm³/mol. The van der Waals surface area contributed by atoms with Crippen molar-refractivity contribution in [2.75, 3.05) is 18.0 Å². The first-order chi connectivity index (χ1) is 9.90. The number of halogens is 1. The Balaban J connectivity index is 2.37. The predicted octanol–water partition coefficient (Wildman–Crippen LogP) is 4.95. The standard InChI is InChI=1S/C18H29ClN2/c1-6-8-20-12-14-9-15-13(3)11-18(4,5)21(7-2)17(15)10-16(14)19/h9-10,13,20H,6-8,11-12H2,1-5H3/t13-/m0/s1. The van der Waals surface area contributed by atoms with E-state index in [4.69, 9.17) is 11.6 Å². The molecule has 2 nitrogen and oxygen atoms in total. The Labute approximate surface area is 134 Å². The van der Waals surface area contributed by atoms with Crippen LogP contribution in [0.5, 0.6) is 0 Å². The van der Waals surface area contributed by atoms with Gasteiger partial charge in [0, 0.05) is 29.3 Å². The van der Waals surface area contributed by atoms with E-state index in [1.165, 1.54) is 23.2 Å². The van der Waals surface area contributed by atoms with Gasteiger partial charge in [-0.15, -0.1) is 0 Å². The highest BCUT2D eigenvalue weighted by molar-refractivity contribution is 6.31. The molecule has 0 saturated carbocycles. The molecule has 1 aromatic carbocycles. The lowest BCUT2D eigenvalue weighted by Crippen LogP contribution is -2.48. The van der Waals surface area contributed by atoms with Crippen LogP contribution in [-0.4, -0.2) is 18.6 Å². The summed E-state index contributed by atoms with van der Waals surface area (Å²) in [5, 5.41) is 4.35. The molecule has 3 heteroatoms. The van der Waals surface area contributed by atoms with Crippen molar-refractivity contribution in [1.29, 1.82) is 0 Å². The first kappa shape index (κ1) is 16.6. The Morgan fingerprint density at radius 1 is 1.33 bits per heavy atom. The van der Waals surface area contributed by atoms with Crippen molar-refractivity contribution in [3.05, 3.63) is 28.3 Å². The molecule has 0 spiro atoms. The zero-order chi connectivity index (χ0) is 15.6. The van der Waals surface area contributed by atoms with Crippen LogP contribution in [0.25, 0.3) is 0 Å². The Morgan fingerprint density at radius 3 is 2.67 bits per heavy atom. The Bertz CT molecular complexity index is 496. The highest BCUT2D eigenvalue weighted by Gasteiger charge is 2.35. The Morgan fingerprint density at radius 2 is 2.05 bits per heavy atom. The molecule has 1 aliphatic heterocycles. The van der Waals surface area contributed by atoms with Gasteiger partial charge in [-0.3, -0.25) is 0 Å². The minimum atomic E-state index is 0.201. The Hall–Kier alpha value is -0.730. The largest absolute Gasteiger partial charge is 0.366 e. The molecule has 0 saturated heterocycles. The van der Waals surface area contributed by atoms with Crippen LogP contribution in [0.15, 0.2) is 12.1 Å². The fourth-order valence-corrected chi connectivity index (χ4v) is 3.91. The number of rotatable bonds is 5. The highest BCUT2D eigenvalue weighted by Crippen LogP contribution is 2.44. The second-order valence-electron chi connectivity index (χ2n) is 6.84. The normalized spacial score (nSPS) is 20.5. The lowest BCUT2D eigenvalue weighted by Gasteiger charge is -2.47. The van der Waals surface area contributed by atoms with E-state index in [9.17, 15) is 0 Å². The first-order valence-electron chi connectivity index (χ1n) is 8.21. The van der Waals surface area contributed by atoms with Gasteiger partial charge in [-0.25, -0.2) is 0 Å². The van der Waals surface area contributed by atoms with Gasteiger partial charge in [0.15, 0.2) is 0 Å². The smallest absolute Gasteiger partial charge is 0.0471 e. The third-order valence-electron chi connectivity index (χ3n) is 4.61. The van der Waals surface area contributed by atoms with E-state index in [1.807, 2.05) is 0 Å². The molecular weight excluding hydrogens is 280 g/mol. The molecule has 118 valence electrons. The van der Waals surface area contributed by atoms with Crippen LogP contribution in [0.4, 0.5) is 5.69 Å². The molecule has 0 aliphatic carbocycles. The monoisotopic (exact) mass is 308 g/mol. The summed E-state index contributed by atoms with van der Waals surface area (Å²) in [7, 11) is 0. The number of nitrogens with one attached hydrogen (secondary N) is 1. The van der Waals surface area contributed by atoms with Crippen LogP contribution in [-0.2, 0) is 6.54 Å². The van der Waals surface area contributed by atoms with E-state index >= 15 is 0 Å². The van der Waals surface area contributed by atoms with E-state index < -0.39 is 0 Å². The van der Waals surface area contributed by atoms with Crippen molar-refractivity contribution in [3.8, 4) is 0 Å². The van der Waals surface area contributed by atoms with Gasteiger partial charge in [-0.2, -0.15) is 0 Å². The van der Waals surface area contributed by atoms with Crippen molar-refractivity contribution in [2.45, 2.75) is 65.5 Å². The van der Waals surface area contributed by atoms with Crippen molar-refractivity contribution in [2.24, 2.45) is 0 Å². The average Bonchev–Trinajstić information content (AvgIpc) is 2.39. The molecular formula is C18H29ClN2. The van der Waals surface area contributed by atoms with Crippen molar-refractivity contribution in [3.63, 3.8) is 0 Å². The van der Waals surface area contributed by atoms with Gasteiger partial charge in [0.2, 0.25) is 0 Å². The maximum atomic E-state index is 6.54. The summed E-state index contributed by atoms with van der Waals surface area (Å²) < 4.78 is 0. The summed E-state index contributed by atoms with van der Waals surface area (Å²) in [6.45, 7) is 14.3. The summed E-state index contributed by atoms with van der Waals surface area (Å²) >= 11 is 6.54. The fraction of sp³-hybridized carbons (Fsp3) is 0.667. The van der Waals surface area contributed by atoms with Gasteiger partial charge in [0.05, 0.1) is 0 Å². The third kappa shape index (κ3) is 3.37. The van der Waals surface area contributed by atoms with Gasteiger partial charge >= 0.3 is 0 Å². The molecule has 0 radical (unpaired) electrons. The van der Waals surface area contributed by atoms with Crippen molar-refractivity contribution >= 4 is 17.3 Å². The molecule has 0 fully saturated rings. The summed E-state index contributed by atoms with van der Waals surface area (Å²) in [6, 6.07) is 4.50. The number of hydrogen-bond acceptors (Lipinski definition) is 2. The lowest BCUT2D eigenvalue weighted by molar-refractivity contribution is 0.381. The van der Waals surface area contributed by atoms with Gasteiger partial charge in [0.25, 0.3) is 0 Å². The van der Waals surface area contributed by atoms with Gasteiger partial charge in [0.1, 0.15) is 0 Å². The van der Waals surface area contributed by atoms with E-state index in [0.29, 0.717) is 5.92 Å². The summed E-state index contributed by atoms with van der Waals surface area (Å²) in [5.41, 5.74) is 4.21. The molecule has 21 heavy (non-hydrogen) atoms. The summed E-state index contributed by atoms with van der Waals surface area (Å²) in [4.78, 5) is 2.50. The zero-order valence-electron chi connectivity index (χ0n) is 14.1. The van der Waals surface area contributed by atoms with E-state index in [0.717, 1.165) is 31.1 Å². The van der Waals surface area contributed by atoms with Crippen LogP contribution >= 0.6 is 11.6 Å². The number of fused-ring (bicyclic) bond motifs is 1. The average molecular weight is 309 g/mol. The molecule has 1 aromatic rings. The van der Waals surface area contributed by atoms with Crippen LogP contribution < -0.4 is 10.2 Å². The van der Waals surface area contributed by atoms with E-state index in [1.54, 1.807) is 0 Å². The molecule has 0 aromatic heterocycles. The topological polar surface area (TPSA) is 15.3 Å². The minimum absolute atomic E-state index is 0.201. The number of nitrogens with zero attached hydrogens (tertiary/aromatic N) is 1. The maximum absolute atomic E-state index is 6.54. The highest BCUT2D eigenvalue weighted by atomic mass is 35.5. The molecule has 0 unspecified atom stereocenters. The quantitative estimate of drug-likeness (QED) is 0.774. The lowest BCUT2D eigenvalue weighted by atomic mass is 9.79. The summed E-state index contributed by atoms with van der Waals surface area (Å²) in [6.07, 6.45) is 2.34. The second kappa shape index (κ2) is 6.58. The van der Waals surface area contributed by atoms with Crippen molar-refractivity contribution < 1.29 is 0 Å². The molecule has 1 heterocycles. The van der Waals surface area contributed by atoms with Gasteiger partial charge in [-0.1, -0.05) is 31.5 Å². The van der Waals surface area contributed by atoms with Gasteiger partial charge in [-0.05, 0) is 63.3 Å². The van der Waals surface area contributed by atoms with Crippen LogP contribution in [0.3, 0.4) is 0 Å². The second-order valence-corrected chi connectivity index (χ2v) is 7.25. The van der Waals surface area contributed by atoms with Crippen LogP contribution in [0, 0.1) is 0 Å². The molecule has 2 rings (SSSR count). The zero-order valence-corrected chi connectivity index (χ0v) is 14.8. The number of benzene rings is 1. The van der Waals surface area contributed by atoms with Gasteiger partial charge < -0.3 is 10.2 Å². The van der Waals surface area contributed by atoms with Crippen molar-refractivity contribution in [1.82, 2.24) is 5.32 Å². The minimum Gasteiger partial charge on any atom is -0.366 e. The molecule has 1 atom stereocenters. The number of hydrogen-bond donors (Lipinski definition) is 1. The van der Waals surface area contributed by atoms with E-state index in [-0.39, 0.29) is 5.54 Å². The molecule has 1 N–H and O–H groups in total. The van der Waals surface area contributed by atoms with Crippen LogP contribution in [0.1, 0.15) is 64.5 Å². The molecule has 1 aliphatic rings. The molecule has 0 amide bonds. The van der Waals surface area contributed by atoms with E-state index in [2.05, 4.69) is 57.0 Å².